The maximum absolute atomic E-state index is 4.76. The zero-order valence-electron chi connectivity index (χ0n) is 16.0. The number of nitrogens with zero attached hydrogens (tertiary/aromatic N) is 5. The molecule has 1 aliphatic rings. The van der Waals surface area contributed by atoms with Crippen molar-refractivity contribution in [2.24, 2.45) is 10.1 Å². The monoisotopic (exact) mass is 428 g/mol. The van der Waals surface area contributed by atoms with Gasteiger partial charge in [0.2, 0.25) is 11.1 Å². The van der Waals surface area contributed by atoms with E-state index in [9.17, 15) is 0 Å². The zero-order chi connectivity index (χ0) is 19.7. The maximum atomic E-state index is 4.76. The molecular formula is C19H20N6S3. The first-order valence-electron chi connectivity index (χ1n) is 8.76. The van der Waals surface area contributed by atoms with Gasteiger partial charge in [-0.25, -0.2) is 5.01 Å². The van der Waals surface area contributed by atoms with Crippen LogP contribution in [0.1, 0.15) is 34.0 Å². The highest BCUT2D eigenvalue weighted by molar-refractivity contribution is 8.14. The van der Waals surface area contributed by atoms with E-state index in [1.807, 2.05) is 18.9 Å². The molecule has 1 aliphatic heterocycles. The number of aryl methyl sites for hydroxylation is 3. The predicted molar refractivity (Wildman–Crippen MR) is 121 cm³/mol. The van der Waals surface area contributed by atoms with Gasteiger partial charge in [0.15, 0.2) is 0 Å². The summed E-state index contributed by atoms with van der Waals surface area (Å²) in [5, 5.41) is 25.2. The van der Waals surface area contributed by atoms with Gasteiger partial charge >= 0.3 is 0 Å². The summed E-state index contributed by atoms with van der Waals surface area (Å²) in [5.74, 6) is 0.639. The largest absolute Gasteiger partial charge is 0.324 e. The Bertz CT molecular complexity index is 1040. The van der Waals surface area contributed by atoms with Crippen molar-refractivity contribution < 1.29 is 0 Å². The van der Waals surface area contributed by atoms with E-state index in [0.717, 1.165) is 15.7 Å². The Hall–Kier alpha value is -2.23. The molecule has 144 valence electrons. The molecule has 3 heterocycles. The molecule has 0 fully saturated rings. The molecule has 0 aliphatic carbocycles. The molecule has 6 nitrogen and oxygen atoms in total. The first kappa shape index (κ1) is 19.1. The fraction of sp³-hybridized carbons (Fsp3) is 0.263. The van der Waals surface area contributed by atoms with Gasteiger partial charge in [-0.3, -0.25) is 0 Å². The lowest BCUT2D eigenvalue weighted by Crippen LogP contribution is -2.32. The molecule has 28 heavy (non-hydrogen) atoms. The predicted octanol–water partition coefficient (Wildman–Crippen LogP) is 5.71. The molecule has 9 heteroatoms. The van der Waals surface area contributed by atoms with E-state index < -0.39 is 0 Å². The summed E-state index contributed by atoms with van der Waals surface area (Å²) in [5.41, 5.74) is 4.65. The molecule has 1 atom stereocenters. The summed E-state index contributed by atoms with van der Waals surface area (Å²) in [6, 6.07) is 8.42. The minimum Gasteiger partial charge on any atom is -0.324 e. The fourth-order valence-corrected chi connectivity index (χ4v) is 5.04. The number of thioether (sulfide) groups is 1. The van der Waals surface area contributed by atoms with Gasteiger partial charge in [0.25, 0.3) is 0 Å². The Kier molecular flexibility index (Phi) is 5.47. The third-order valence-electron chi connectivity index (χ3n) is 4.28. The summed E-state index contributed by atoms with van der Waals surface area (Å²) < 4.78 is 0. The van der Waals surface area contributed by atoms with Crippen molar-refractivity contribution in [2.45, 2.75) is 33.1 Å². The van der Waals surface area contributed by atoms with E-state index >= 15 is 0 Å². The number of benzene rings is 1. The summed E-state index contributed by atoms with van der Waals surface area (Å²) in [6.07, 6.45) is 0. The molecule has 0 spiro atoms. The molecular weight excluding hydrogens is 408 g/mol. The van der Waals surface area contributed by atoms with E-state index in [4.69, 9.17) is 10.1 Å². The average Bonchev–Trinajstić information content (AvgIpc) is 3.39. The van der Waals surface area contributed by atoms with Crippen LogP contribution in [0.5, 0.6) is 0 Å². The van der Waals surface area contributed by atoms with Crippen molar-refractivity contribution in [3.63, 3.8) is 0 Å². The van der Waals surface area contributed by atoms with E-state index in [1.165, 1.54) is 28.0 Å². The normalized spacial score (nSPS) is 17.1. The first-order valence-corrected chi connectivity index (χ1v) is 11.4. The number of hydrogen-bond acceptors (Lipinski definition) is 7. The number of aromatic nitrogens is 2. The Balaban J connectivity index is 1.73. The van der Waals surface area contributed by atoms with Crippen LogP contribution in [0, 0.1) is 20.8 Å². The number of guanidine groups is 1. The standard InChI is InChI=1S/C19H20N6S3/c1-11-5-6-16(9-12(11)2)20-18(21-19-23-22-13(3)28-19)25-17(27-14(4)24-25)15-7-8-26-10-15/h5-10,17H,1-4H3,(H,20,21,23). The molecule has 3 aromatic rings. The van der Waals surface area contributed by atoms with Crippen LogP contribution in [-0.4, -0.2) is 26.2 Å². The number of hydrogen-bond donors (Lipinski definition) is 1. The molecule has 2 aromatic heterocycles. The molecule has 1 unspecified atom stereocenters. The molecule has 1 aromatic carbocycles. The minimum atomic E-state index is 0.0399. The highest BCUT2D eigenvalue weighted by Crippen LogP contribution is 2.40. The Morgan fingerprint density at radius 3 is 2.64 bits per heavy atom. The third kappa shape index (κ3) is 4.11. The Morgan fingerprint density at radius 1 is 1.11 bits per heavy atom. The number of aliphatic imine (C=N–C) groups is 1. The van der Waals surface area contributed by atoms with Crippen LogP contribution in [0.2, 0.25) is 0 Å². The van der Waals surface area contributed by atoms with Crippen LogP contribution in [0.25, 0.3) is 0 Å². The minimum absolute atomic E-state index is 0.0399. The van der Waals surface area contributed by atoms with Crippen LogP contribution in [0.4, 0.5) is 10.8 Å². The van der Waals surface area contributed by atoms with Gasteiger partial charge in [-0.15, -0.1) is 10.2 Å². The van der Waals surface area contributed by atoms with Crippen molar-refractivity contribution in [3.8, 4) is 0 Å². The number of thiophene rings is 1. The van der Waals surface area contributed by atoms with Crippen LogP contribution in [-0.2, 0) is 0 Å². The van der Waals surface area contributed by atoms with Gasteiger partial charge in [-0.2, -0.15) is 21.4 Å². The molecule has 0 radical (unpaired) electrons. The van der Waals surface area contributed by atoms with Crippen molar-refractivity contribution in [2.75, 3.05) is 5.32 Å². The quantitative estimate of drug-likeness (QED) is 0.428. The second-order valence-corrected chi connectivity index (χ2v) is 9.67. The Morgan fingerprint density at radius 2 is 1.96 bits per heavy atom. The van der Waals surface area contributed by atoms with Crippen molar-refractivity contribution in [1.82, 2.24) is 15.2 Å². The van der Waals surface area contributed by atoms with E-state index in [-0.39, 0.29) is 5.37 Å². The molecule has 0 saturated carbocycles. The lowest BCUT2D eigenvalue weighted by atomic mass is 10.1. The second kappa shape index (κ2) is 8.02. The van der Waals surface area contributed by atoms with Gasteiger partial charge < -0.3 is 5.32 Å². The maximum Gasteiger partial charge on any atom is 0.234 e. The van der Waals surface area contributed by atoms with Crippen LogP contribution >= 0.6 is 34.4 Å². The van der Waals surface area contributed by atoms with Crippen molar-refractivity contribution in [3.05, 3.63) is 56.7 Å². The molecule has 1 N–H and O–H groups in total. The molecule has 4 rings (SSSR count). The molecule has 0 saturated heterocycles. The number of anilines is 1. The highest BCUT2D eigenvalue weighted by Gasteiger charge is 2.31. The third-order valence-corrected chi connectivity index (χ3v) is 6.83. The van der Waals surface area contributed by atoms with Gasteiger partial charge in [-0.05, 0) is 73.3 Å². The summed E-state index contributed by atoms with van der Waals surface area (Å²) >= 11 is 4.87. The SMILES string of the molecule is CC1=NN(/C(=N/c2nnc(C)s2)Nc2ccc(C)c(C)c2)C(c2ccsc2)S1. The lowest BCUT2D eigenvalue weighted by Gasteiger charge is -2.24. The van der Waals surface area contributed by atoms with Crippen molar-refractivity contribution in [1.29, 1.82) is 0 Å². The summed E-state index contributed by atoms with van der Waals surface area (Å²) in [6.45, 7) is 8.16. The molecule has 0 amide bonds. The number of nitrogens with one attached hydrogen (secondary N) is 1. The van der Waals surface area contributed by atoms with Crippen LogP contribution in [0.3, 0.4) is 0 Å². The van der Waals surface area contributed by atoms with Crippen molar-refractivity contribution >= 4 is 56.3 Å². The average molecular weight is 429 g/mol. The first-order chi connectivity index (χ1) is 13.5. The zero-order valence-corrected chi connectivity index (χ0v) is 18.5. The topological polar surface area (TPSA) is 65.8 Å². The van der Waals surface area contributed by atoms with Gasteiger partial charge in [-0.1, -0.05) is 29.2 Å². The smallest absolute Gasteiger partial charge is 0.234 e. The molecule has 0 bridgehead atoms. The lowest BCUT2D eigenvalue weighted by molar-refractivity contribution is 0.438. The summed E-state index contributed by atoms with van der Waals surface area (Å²) in [7, 11) is 0. The highest BCUT2D eigenvalue weighted by atomic mass is 32.2. The fourth-order valence-electron chi connectivity index (χ4n) is 2.73. The van der Waals surface area contributed by atoms with Gasteiger partial charge in [0.1, 0.15) is 10.4 Å². The summed E-state index contributed by atoms with van der Waals surface area (Å²) in [4.78, 5) is 4.76. The van der Waals surface area contributed by atoms with Gasteiger partial charge in [0.05, 0.1) is 5.04 Å². The Labute approximate surface area is 176 Å². The second-order valence-electron chi connectivity index (χ2n) is 6.45. The van der Waals surface area contributed by atoms with E-state index in [2.05, 4.69) is 64.4 Å². The van der Waals surface area contributed by atoms with E-state index in [1.54, 1.807) is 23.1 Å². The van der Waals surface area contributed by atoms with Crippen LogP contribution in [0.15, 0.2) is 45.1 Å². The van der Waals surface area contributed by atoms with Crippen LogP contribution < -0.4 is 5.32 Å². The number of hydrazone groups is 1. The van der Waals surface area contributed by atoms with E-state index in [0.29, 0.717) is 11.1 Å². The van der Waals surface area contributed by atoms with Gasteiger partial charge in [0, 0.05) is 5.69 Å². The number of rotatable bonds is 3.